The molecule has 21 heteroatoms. The monoisotopic (exact) mass is 912 g/mol. The Kier molecular flexibility index (Phi) is 10.4. The molecule has 0 amide bonds. The number of hydrogen-bond donors (Lipinski definition) is 2. The van der Waals surface area contributed by atoms with Gasteiger partial charge in [-0.05, 0) is 82.9 Å². The average Bonchev–Trinajstić information content (AvgIpc) is 4.02. The van der Waals surface area contributed by atoms with Crippen molar-refractivity contribution in [2.45, 2.75) is 46.5 Å². The van der Waals surface area contributed by atoms with Crippen LogP contribution in [0.25, 0.3) is 68.6 Å². The lowest BCUT2D eigenvalue weighted by molar-refractivity contribution is -0.352. The lowest BCUT2D eigenvalue weighted by Crippen LogP contribution is -2.59. The Balaban J connectivity index is 1.69. The summed E-state index contributed by atoms with van der Waals surface area (Å²) in [7, 11) is 0. The van der Waals surface area contributed by atoms with Gasteiger partial charge in [-0.3, -0.25) is 0 Å². The predicted octanol–water partition coefficient (Wildman–Crippen LogP) is 14.3. The van der Waals surface area contributed by atoms with Gasteiger partial charge in [-0.1, -0.05) is 60.7 Å². The molecule has 0 saturated heterocycles. The molecule has 1 unspecified atom stereocenters. The fourth-order valence-corrected chi connectivity index (χ4v) is 6.95. The molecular weight excluding hydrogens is 892 g/mol. The van der Waals surface area contributed by atoms with Crippen LogP contribution in [-0.4, -0.2) is 54.4 Å². The van der Waals surface area contributed by atoms with Gasteiger partial charge in [0.2, 0.25) is 0 Å². The van der Waals surface area contributed by atoms with Crippen LogP contribution in [0.2, 0.25) is 0 Å². The summed E-state index contributed by atoms with van der Waals surface area (Å²) in [4.78, 5) is 13.0. The predicted molar refractivity (Wildman–Crippen MR) is 199 cm³/mol. The van der Waals surface area contributed by atoms with Crippen molar-refractivity contribution in [3.05, 3.63) is 119 Å². The zero-order valence-electron chi connectivity index (χ0n) is 29.8. The van der Waals surface area contributed by atoms with Crippen LogP contribution < -0.4 is 0 Å². The summed E-state index contributed by atoms with van der Waals surface area (Å²) in [6.45, 7) is 0. The van der Waals surface area contributed by atoms with Crippen LogP contribution in [0.5, 0.6) is 0 Å². The Morgan fingerprint density at radius 3 is 1.18 bits per heavy atom. The Bertz CT molecular complexity index is 2600. The third kappa shape index (κ3) is 6.93. The van der Waals surface area contributed by atoms with Gasteiger partial charge in [0.05, 0.1) is 39.4 Å². The normalized spacial score (nSPS) is 14.8. The van der Waals surface area contributed by atoms with Gasteiger partial charge < -0.3 is 9.97 Å². The number of hydrogen-bond acceptors (Lipinski definition) is 2. The van der Waals surface area contributed by atoms with E-state index >= 15 is 30.7 Å². The Morgan fingerprint density at radius 1 is 0.443 bits per heavy atom. The van der Waals surface area contributed by atoms with Crippen molar-refractivity contribution in [2.75, 3.05) is 0 Å². The van der Waals surface area contributed by atoms with E-state index in [1.807, 2.05) is 0 Å². The number of nitrogens with zero attached hydrogens (tertiary/aromatic N) is 2. The topological polar surface area (TPSA) is 57.4 Å². The van der Waals surface area contributed by atoms with Crippen LogP contribution in [0.15, 0.2) is 84.9 Å². The molecule has 61 heavy (non-hydrogen) atoms. The first kappa shape index (κ1) is 43.7. The molecule has 2 N–H and O–H groups in total. The molecule has 7 rings (SSSR count). The highest BCUT2D eigenvalue weighted by atomic mass is 35.5. The van der Waals surface area contributed by atoms with Crippen molar-refractivity contribution in [1.29, 1.82) is 0 Å². The molecule has 0 fully saturated rings. The number of halogens is 17. The van der Waals surface area contributed by atoms with E-state index in [4.69, 9.17) is 0 Å². The number of H-pyrrole nitrogens is 2. The number of aromatic nitrogens is 4. The highest BCUT2D eigenvalue weighted by Gasteiger charge is 2.81. The second-order valence-corrected chi connectivity index (χ2v) is 14.5. The maximum absolute atomic E-state index is 16.4. The Hall–Kier alpha value is -5.43. The van der Waals surface area contributed by atoms with E-state index in [-0.39, 0.29) is 33.3 Å². The summed E-state index contributed by atoms with van der Waals surface area (Å²) in [5.41, 5.74) is -9.25. The Labute approximate surface area is 342 Å². The van der Waals surface area contributed by atoms with E-state index < -0.39 is 91.5 Å². The van der Waals surface area contributed by atoms with Crippen molar-refractivity contribution >= 4 is 69.6 Å². The zero-order valence-corrected chi connectivity index (χ0v) is 31.3. The quantitative estimate of drug-likeness (QED) is 0.106. The molecular formula is C40H21Cl2F15N4. The van der Waals surface area contributed by atoms with Gasteiger partial charge in [-0.25, -0.2) is 14.4 Å². The summed E-state index contributed by atoms with van der Waals surface area (Å²) in [6.07, 6.45) is -0.737. The van der Waals surface area contributed by atoms with E-state index in [1.165, 1.54) is 60.7 Å². The van der Waals surface area contributed by atoms with E-state index in [9.17, 15) is 35.1 Å². The molecule has 0 aliphatic carbocycles. The lowest BCUT2D eigenvalue weighted by atomic mass is 9.96. The molecule has 5 heterocycles. The second-order valence-electron chi connectivity index (χ2n) is 13.6. The number of fused-ring (bicyclic) bond motifs is 8. The molecule has 4 nitrogen and oxygen atoms in total. The van der Waals surface area contributed by atoms with Crippen LogP contribution in [0.4, 0.5) is 65.9 Å². The number of alkyl halides is 17. The first-order chi connectivity index (χ1) is 28.2. The van der Waals surface area contributed by atoms with Gasteiger partial charge in [-0.15, -0.1) is 0 Å². The van der Waals surface area contributed by atoms with Crippen LogP contribution in [-0.2, 0) is 5.92 Å². The minimum Gasteiger partial charge on any atom is -0.354 e. The largest absolute Gasteiger partial charge is 0.393 e. The van der Waals surface area contributed by atoms with E-state index in [1.54, 1.807) is 0 Å². The highest BCUT2D eigenvalue weighted by Crippen LogP contribution is 2.59. The minimum absolute atomic E-state index is 0.0728. The maximum atomic E-state index is 16.4. The fraction of sp³-hybridized carbons (Fsp3) is 0.200. The first-order valence-electron chi connectivity index (χ1n) is 17.2. The van der Waals surface area contributed by atoms with Gasteiger partial charge in [0.25, 0.3) is 0 Å². The molecule has 3 aromatic heterocycles. The molecule has 5 aromatic rings. The SMILES string of the molecule is FC(c1c2nc(c(-c3ccccc3)c3ccc([nH]3)c(C(F)(F)C(F)(F)C(F)(F)C(F)(F)Cl)c3ccc([nH]3)c(-c3ccccc3)c3nc1C=C3)C=C2)C(F)(F)C(F)(F)C(F)(F)Cl. The lowest BCUT2D eigenvalue weighted by Gasteiger charge is -2.34. The molecule has 0 saturated carbocycles. The summed E-state index contributed by atoms with van der Waals surface area (Å²) >= 11 is 8.65. The Morgan fingerprint density at radius 2 is 0.803 bits per heavy atom. The summed E-state index contributed by atoms with van der Waals surface area (Å²) in [5.74, 6) is -32.8. The second kappa shape index (κ2) is 14.6. The van der Waals surface area contributed by atoms with Gasteiger partial charge in [0, 0.05) is 27.7 Å². The van der Waals surface area contributed by atoms with Crippen molar-refractivity contribution < 1.29 is 65.9 Å². The summed E-state index contributed by atoms with van der Waals surface area (Å²) < 4.78 is 225. The number of aromatic amines is 2. The molecule has 2 aliphatic heterocycles. The average molecular weight is 914 g/mol. The third-order valence-electron chi connectivity index (χ3n) is 9.72. The van der Waals surface area contributed by atoms with Gasteiger partial charge in [-0.2, -0.15) is 61.5 Å². The van der Waals surface area contributed by atoms with Crippen LogP contribution in [0.1, 0.15) is 40.1 Å². The summed E-state index contributed by atoms with van der Waals surface area (Å²) in [6, 6.07) is 17.3. The van der Waals surface area contributed by atoms with Crippen LogP contribution in [0, 0.1) is 0 Å². The van der Waals surface area contributed by atoms with Gasteiger partial charge >= 0.3 is 40.4 Å². The minimum atomic E-state index is -6.92. The molecule has 0 spiro atoms. The van der Waals surface area contributed by atoms with Crippen LogP contribution >= 0.6 is 23.2 Å². The molecule has 2 aromatic carbocycles. The smallest absolute Gasteiger partial charge is 0.354 e. The maximum Gasteiger partial charge on any atom is 0.393 e. The molecule has 2 aliphatic rings. The van der Waals surface area contributed by atoms with Crippen molar-refractivity contribution in [3.63, 3.8) is 0 Å². The molecule has 0 radical (unpaired) electrons. The van der Waals surface area contributed by atoms with E-state index in [0.717, 1.165) is 36.4 Å². The zero-order chi connectivity index (χ0) is 44.7. The first-order valence-corrected chi connectivity index (χ1v) is 17.9. The van der Waals surface area contributed by atoms with Crippen molar-refractivity contribution in [3.8, 4) is 22.3 Å². The molecule has 1 atom stereocenters. The highest BCUT2D eigenvalue weighted by molar-refractivity contribution is 6.22. The van der Waals surface area contributed by atoms with Crippen LogP contribution in [0.3, 0.4) is 0 Å². The number of nitrogens with one attached hydrogen (secondary N) is 2. The standard InChI is InChI=1S/C40H21Cl2F15N4/c41-39(54,55)37(50,51)35(46,47)33(43)31-25-13-11-21(58-25)29(19-7-3-1-4-8-19)23-15-17-27(60-23)32(34(44,45)36(48,49)38(52,53)40(42,56)57)28-18-16-24(61-28)30(20-9-5-2-6-10-20)22-12-14-26(31)59-22/h1-18,33,60-61H. The van der Waals surface area contributed by atoms with Gasteiger partial charge in [0.1, 0.15) is 0 Å². The molecule has 8 bridgehead atoms. The van der Waals surface area contributed by atoms with E-state index in [2.05, 4.69) is 43.1 Å². The molecule has 320 valence electrons. The third-order valence-corrected chi connectivity index (χ3v) is 10.2. The number of benzene rings is 2. The van der Waals surface area contributed by atoms with Crippen molar-refractivity contribution in [1.82, 2.24) is 19.9 Å². The number of rotatable bonds is 10. The van der Waals surface area contributed by atoms with Crippen molar-refractivity contribution in [2.24, 2.45) is 0 Å². The fourth-order valence-electron chi connectivity index (χ4n) is 6.70. The van der Waals surface area contributed by atoms with E-state index in [0.29, 0.717) is 12.1 Å². The van der Waals surface area contributed by atoms with Gasteiger partial charge in [0.15, 0.2) is 6.17 Å². The summed E-state index contributed by atoms with van der Waals surface area (Å²) in [5, 5.41) is -12.2.